The van der Waals surface area contributed by atoms with Crippen molar-refractivity contribution in [3.05, 3.63) is 216 Å². The van der Waals surface area contributed by atoms with Gasteiger partial charge in [-0.1, -0.05) is 178 Å². The molecule has 1 heteroatoms. The number of rotatable bonds is 6. The number of para-hydroxylation sites is 1. The predicted molar refractivity (Wildman–Crippen MR) is 229 cm³/mol. The molecule has 258 valence electrons. The summed E-state index contributed by atoms with van der Waals surface area (Å²) in [6.45, 7) is 4.75. The Morgan fingerprint density at radius 1 is 0.500 bits per heavy atom. The van der Waals surface area contributed by atoms with Gasteiger partial charge >= 0.3 is 0 Å². The minimum atomic E-state index is -0.112. The number of fused-ring (bicyclic) bond motifs is 5. The maximum absolute atomic E-state index is 2.48. The molecule has 0 bridgehead atoms. The highest BCUT2D eigenvalue weighted by atomic mass is 15.1. The van der Waals surface area contributed by atoms with Crippen molar-refractivity contribution in [3.8, 4) is 33.4 Å². The van der Waals surface area contributed by atoms with Crippen molar-refractivity contribution in [2.24, 2.45) is 0 Å². The lowest BCUT2D eigenvalue weighted by molar-refractivity contribution is 0.662. The van der Waals surface area contributed by atoms with Crippen molar-refractivity contribution in [3.63, 3.8) is 0 Å². The first kappa shape index (κ1) is 32.2. The van der Waals surface area contributed by atoms with Gasteiger partial charge in [0, 0.05) is 28.3 Å². The molecule has 0 spiro atoms. The van der Waals surface area contributed by atoms with Crippen LogP contribution in [0.3, 0.4) is 0 Å². The zero-order valence-electron chi connectivity index (χ0n) is 30.7. The zero-order chi connectivity index (χ0) is 36.2. The van der Waals surface area contributed by atoms with Crippen molar-refractivity contribution in [1.82, 2.24) is 0 Å². The number of hydrogen-bond donors (Lipinski definition) is 0. The van der Waals surface area contributed by atoms with Gasteiger partial charge in [-0.2, -0.15) is 0 Å². The van der Waals surface area contributed by atoms with Gasteiger partial charge in [-0.25, -0.2) is 0 Å². The monoisotopic (exact) mass is 691 g/mol. The van der Waals surface area contributed by atoms with E-state index in [0.717, 1.165) is 23.5 Å². The fourth-order valence-corrected chi connectivity index (χ4v) is 9.33. The smallest absolute Gasteiger partial charge is 0.0540 e. The van der Waals surface area contributed by atoms with E-state index < -0.39 is 0 Å². The van der Waals surface area contributed by atoms with Gasteiger partial charge in [0.25, 0.3) is 0 Å². The molecular formula is C53H41N. The van der Waals surface area contributed by atoms with Gasteiger partial charge in [0.1, 0.15) is 0 Å². The van der Waals surface area contributed by atoms with E-state index in [0.29, 0.717) is 0 Å². The summed E-state index contributed by atoms with van der Waals surface area (Å²) in [5.41, 5.74) is 17.8. The summed E-state index contributed by atoms with van der Waals surface area (Å²) in [6, 6.07) is 67.3. The normalized spacial score (nSPS) is 15.0. The molecule has 0 radical (unpaired) electrons. The quantitative estimate of drug-likeness (QED) is 0.168. The zero-order valence-corrected chi connectivity index (χ0v) is 30.7. The van der Waals surface area contributed by atoms with Gasteiger partial charge < -0.3 is 4.90 Å². The first-order valence-corrected chi connectivity index (χ1v) is 19.1. The molecule has 1 atom stereocenters. The summed E-state index contributed by atoms with van der Waals surface area (Å²) in [5.74, 6) is 0.278. The average Bonchev–Trinajstić information content (AvgIpc) is 3.47. The number of benzene rings is 8. The minimum absolute atomic E-state index is 0.112. The molecule has 8 aromatic rings. The maximum atomic E-state index is 2.48. The molecule has 1 nitrogen and oxygen atoms in total. The lowest BCUT2D eigenvalue weighted by Gasteiger charge is -2.31. The van der Waals surface area contributed by atoms with Crippen LogP contribution in [0.5, 0.6) is 0 Å². The average molecular weight is 692 g/mol. The van der Waals surface area contributed by atoms with Gasteiger partial charge in [-0.3, -0.25) is 0 Å². The highest BCUT2D eigenvalue weighted by Crippen LogP contribution is 2.53. The SMILES string of the molecule is CC1(C)c2ccccc2-c2cccc(-c3cccc(N(c4ccc5ccccc5c4)c4ccccc4-c4cccc5c4C(c4ccccc4)CC=C5)c3)c21. The Kier molecular flexibility index (Phi) is 7.70. The topological polar surface area (TPSA) is 3.24 Å². The van der Waals surface area contributed by atoms with E-state index in [1.54, 1.807) is 0 Å². The number of hydrogen-bond acceptors (Lipinski definition) is 1. The second-order valence-electron chi connectivity index (χ2n) is 15.2. The van der Waals surface area contributed by atoms with Gasteiger partial charge in [0.2, 0.25) is 0 Å². The maximum Gasteiger partial charge on any atom is 0.0540 e. The van der Waals surface area contributed by atoms with E-state index in [9.17, 15) is 0 Å². The molecule has 2 aliphatic rings. The van der Waals surface area contributed by atoms with Crippen LogP contribution in [0.25, 0.3) is 50.2 Å². The molecule has 0 heterocycles. The van der Waals surface area contributed by atoms with Crippen molar-refractivity contribution in [1.29, 1.82) is 0 Å². The van der Waals surface area contributed by atoms with Crippen molar-refractivity contribution in [2.75, 3.05) is 4.90 Å². The number of anilines is 3. The van der Waals surface area contributed by atoms with Gasteiger partial charge in [0.15, 0.2) is 0 Å². The molecule has 10 rings (SSSR count). The van der Waals surface area contributed by atoms with Crippen molar-refractivity contribution in [2.45, 2.75) is 31.6 Å². The molecule has 0 saturated heterocycles. The Morgan fingerprint density at radius 2 is 1.17 bits per heavy atom. The Morgan fingerprint density at radius 3 is 2.06 bits per heavy atom. The van der Waals surface area contributed by atoms with E-state index in [1.807, 2.05) is 0 Å². The Balaban J connectivity index is 1.18. The van der Waals surface area contributed by atoms with Crippen LogP contribution in [-0.2, 0) is 5.41 Å². The van der Waals surface area contributed by atoms with Gasteiger partial charge in [-0.15, -0.1) is 0 Å². The Labute approximate surface area is 318 Å². The fraction of sp³-hybridized carbons (Fsp3) is 0.0943. The van der Waals surface area contributed by atoms with E-state index >= 15 is 0 Å². The second-order valence-corrected chi connectivity index (χ2v) is 15.2. The van der Waals surface area contributed by atoms with Crippen LogP contribution < -0.4 is 4.90 Å². The van der Waals surface area contributed by atoms with E-state index in [-0.39, 0.29) is 11.3 Å². The second kappa shape index (κ2) is 12.9. The summed E-state index contributed by atoms with van der Waals surface area (Å²) in [7, 11) is 0. The summed E-state index contributed by atoms with van der Waals surface area (Å²) in [4.78, 5) is 2.48. The fourth-order valence-electron chi connectivity index (χ4n) is 9.33. The largest absolute Gasteiger partial charge is 0.310 e. The molecule has 0 aromatic heterocycles. The third-order valence-corrected chi connectivity index (χ3v) is 11.8. The first-order chi connectivity index (χ1) is 26.6. The van der Waals surface area contributed by atoms with Crippen LogP contribution in [0, 0.1) is 0 Å². The lowest BCUT2D eigenvalue weighted by Crippen LogP contribution is -2.16. The highest BCUT2D eigenvalue weighted by Gasteiger charge is 2.37. The molecule has 8 aromatic carbocycles. The van der Waals surface area contributed by atoms with Gasteiger partial charge in [-0.05, 0) is 103 Å². The summed E-state index contributed by atoms with van der Waals surface area (Å²) in [5, 5.41) is 2.46. The summed E-state index contributed by atoms with van der Waals surface area (Å²) < 4.78 is 0. The van der Waals surface area contributed by atoms with Crippen LogP contribution in [0.4, 0.5) is 17.1 Å². The molecule has 0 aliphatic heterocycles. The summed E-state index contributed by atoms with van der Waals surface area (Å²) in [6.07, 6.45) is 5.63. The standard InChI is InChI=1S/C53H41N/c1-53(2)49-30-10-8-24-45(49)48-29-15-27-44(52(48)53)40-22-12-23-41(35-40)54(42-33-32-36-16-6-7-19-39(36)34-42)50-31-11-9-25-46(50)47-28-14-21-38-20-13-26-43(51(38)47)37-17-4-3-5-18-37/h3-25,27-35,43H,26H2,1-2H3. The van der Waals surface area contributed by atoms with E-state index in [1.165, 1.54) is 72.0 Å². The first-order valence-electron chi connectivity index (χ1n) is 19.1. The third kappa shape index (κ3) is 5.23. The van der Waals surface area contributed by atoms with Crippen LogP contribution >= 0.6 is 0 Å². The van der Waals surface area contributed by atoms with Crippen LogP contribution in [-0.4, -0.2) is 0 Å². The number of allylic oxidation sites excluding steroid dienone is 1. The van der Waals surface area contributed by atoms with Gasteiger partial charge in [0.05, 0.1) is 5.69 Å². The molecular weight excluding hydrogens is 651 g/mol. The predicted octanol–water partition coefficient (Wildman–Crippen LogP) is 14.5. The molecule has 0 amide bonds. The molecule has 54 heavy (non-hydrogen) atoms. The van der Waals surface area contributed by atoms with Crippen LogP contribution in [0.2, 0.25) is 0 Å². The molecule has 0 N–H and O–H groups in total. The van der Waals surface area contributed by atoms with Crippen molar-refractivity contribution >= 4 is 33.9 Å². The van der Waals surface area contributed by atoms with Crippen molar-refractivity contribution < 1.29 is 0 Å². The third-order valence-electron chi connectivity index (χ3n) is 11.8. The highest BCUT2D eigenvalue weighted by molar-refractivity contribution is 5.95. The Bertz CT molecular complexity index is 2730. The van der Waals surface area contributed by atoms with Crippen LogP contribution in [0.15, 0.2) is 188 Å². The number of nitrogens with zero attached hydrogens (tertiary/aromatic N) is 1. The van der Waals surface area contributed by atoms with Crippen LogP contribution in [0.1, 0.15) is 54.0 Å². The lowest BCUT2D eigenvalue weighted by atomic mass is 9.78. The minimum Gasteiger partial charge on any atom is -0.310 e. The molecule has 0 fully saturated rings. The van der Waals surface area contributed by atoms with E-state index in [2.05, 4.69) is 213 Å². The summed E-state index contributed by atoms with van der Waals surface area (Å²) >= 11 is 0. The molecule has 0 saturated carbocycles. The van der Waals surface area contributed by atoms with E-state index in [4.69, 9.17) is 0 Å². The molecule has 2 aliphatic carbocycles. The molecule has 1 unspecified atom stereocenters. The Hall–Kier alpha value is -6.44.